The van der Waals surface area contributed by atoms with Crippen molar-refractivity contribution >= 4 is 38.2 Å². The zero-order valence-corrected chi connectivity index (χ0v) is 13.3. The molecule has 1 aliphatic rings. The second-order valence-corrected chi connectivity index (χ2v) is 8.16. The van der Waals surface area contributed by atoms with Crippen LogP contribution in [0.2, 0.25) is 0 Å². The van der Waals surface area contributed by atoms with E-state index in [2.05, 4.69) is 4.37 Å². The average molecular weight is 332 g/mol. The molecule has 0 spiro atoms. The standard InChI is InChI=1S/C12H16N2O5S2/c1-7-10(12(16)17)11(20-13-7)14(2)9(15)5-8-3-4-21(18,19)6-8/h8H,3-6H2,1-2H3,(H,16,17). The molecule has 1 fully saturated rings. The highest BCUT2D eigenvalue weighted by Gasteiger charge is 2.31. The third-order valence-corrected chi connectivity index (χ3v) is 6.38. The van der Waals surface area contributed by atoms with Crippen LogP contribution in [0.25, 0.3) is 0 Å². The second kappa shape index (κ2) is 5.72. The molecule has 0 saturated carbocycles. The molecule has 0 aromatic carbocycles. The molecule has 1 unspecified atom stereocenters. The van der Waals surface area contributed by atoms with E-state index in [-0.39, 0.29) is 40.3 Å². The van der Waals surface area contributed by atoms with E-state index in [1.54, 1.807) is 6.92 Å². The summed E-state index contributed by atoms with van der Waals surface area (Å²) in [6, 6.07) is 0. The van der Waals surface area contributed by atoms with Crippen molar-refractivity contribution in [1.29, 1.82) is 0 Å². The Kier molecular flexibility index (Phi) is 4.33. The van der Waals surface area contributed by atoms with E-state index in [0.717, 1.165) is 11.5 Å². The van der Waals surface area contributed by atoms with Gasteiger partial charge in [-0.1, -0.05) is 0 Å². The van der Waals surface area contributed by atoms with Crippen molar-refractivity contribution in [2.75, 3.05) is 23.5 Å². The molecule has 1 aromatic heterocycles. The highest BCUT2D eigenvalue weighted by molar-refractivity contribution is 7.91. The lowest BCUT2D eigenvalue weighted by Crippen LogP contribution is -2.29. The number of aromatic carboxylic acids is 1. The normalized spacial score (nSPS) is 20.4. The highest BCUT2D eigenvalue weighted by atomic mass is 32.2. The fourth-order valence-corrected chi connectivity index (χ4v) is 5.09. The van der Waals surface area contributed by atoms with Gasteiger partial charge in [-0.05, 0) is 30.8 Å². The minimum atomic E-state index is -3.02. The van der Waals surface area contributed by atoms with Crippen molar-refractivity contribution in [1.82, 2.24) is 4.37 Å². The highest BCUT2D eigenvalue weighted by Crippen LogP contribution is 2.30. The minimum Gasteiger partial charge on any atom is -0.478 e. The maximum atomic E-state index is 12.2. The molecular weight excluding hydrogens is 316 g/mol. The summed E-state index contributed by atoms with van der Waals surface area (Å²) in [5.74, 6) is -1.45. The fourth-order valence-electron chi connectivity index (χ4n) is 2.36. The van der Waals surface area contributed by atoms with Crippen LogP contribution in [-0.4, -0.2) is 48.3 Å². The van der Waals surface area contributed by atoms with Crippen LogP contribution >= 0.6 is 11.5 Å². The molecule has 2 heterocycles. The van der Waals surface area contributed by atoms with Crippen LogP contribution in [0, 0.1) is 12.8 Å². The molecule has 116 valence electrons. The number of carboxylic acid groups (broad SMARTS) is 1. The Hall–Kier alpha value is -1.48. The van der Waals surface area contributed by atoms with E-state index in [9.17, 15) is 18.0 Å². The van der Waals surface area contributed by atoms with Gasteiger partial charge in [0.2, 0.25) is 5.91 Å². The van der Waals surface area contributed by atoms with Crippen molar-refractivity contribution in [3.05, 3.63) is 11.3 Å². The van der Waals surface area contributed by atoms with Crippen LogP contribution in [0.15, 0.2) is 0 Å². The Morgan fingerprint density at radius 1 is 1.48 bits per heavy atom. The average Bonchev–Trinajstić information content (AvgIpc) is 2.91. The lowest BCUT2D eigenvalue weighted by molar-refractivity contribution is -0.119. The first-order chi connectivity index (χ1) is 9.71. The number of hydrogen-bond acceptors (Lipinski definition) is 6. The molecular formula is C12H16N2O5S2. The second-order valence-electron chi connectivity index (χ2n) is 5.18. The van der Waals surface area contributed by atoms with E-state index in [1.165, 1.54) is 11.9 Å². The van der Waals surface area contributed by atoms with Gasteiger partial charge >= 0.3 is 5.97 Å². The number of amides is 1. The molecule has 0 aliphatic carbocycles. The monoisotopic (exact) mass is 332 g/mol. The summed E-state index contributed by atoms with van der Waals surface area (Å²) >= 11 is 0.955. The van der Waals surface area contributed by atoms with Gasteiger partial charge in [0.15, 0.2) is 9.84 Å². The van der Waals surface area contributed by atoms with Gasteiger partial charge < -0.3 is 10.0 Å². The van der Waals surface area contributed by atoms with E-state index < -0.39 is 15.8 Å². The van der Waals surface area contributed by atoms with Crippen LogP contribution in [0.5, 0.6) is 0 Å². The van der Waals surface area contributed by atoms with Crippen molar-refractivity contribution in [2.45, 2.75) is 19.8 Å². The van der Waals surface area contributed by atoms with Crippen LogP contribution in [0.4, 0.5) is 5.00 Å². The van der Waals surface area contributed by atoms with Gasteiger partial charge in [0.25, 0.3) is 0 Å². The van der Waals surface area contributed by atoms with Crippen LogP contribution in [0.3, 0.4) is 0 Å². The SMILES string of the molecule is Cc1nsc(N(C)C(=O)CC2CCS(=O)(=O)C2)c1C(=O)O. The number of aromatic nitrogens is 1. The molecule has 21 heavy (non-hydrogen) atoms. The fraction of sp³-hybridized carbons (Fsp3) is 0.583. The molecule has 1 aromatic rings. The maximum absolute atomic E-state index is 12.2. The molecule has 7 nitrogen and oxygen atoms in total. The Morgan fingerprint density at radius 2 is 2.14 bits per heavy atom. The molecule has 1 saturated heterocycles. The summed E-state index contributed by atoms with van der Waals surface area (Å²) in [5, 5.41) is 9.45. The summed E-state index contributed by atoms with van der Waals surface area (Å²) in [6.07, 6.45) is 0.584. The van der Waals surface area contributed by atoms with Gasteiger partial charge in [-0.3, -0.25) is 4.79 Å². The summed E-state index contributed by atoms with van der Waals surface area (Å²) in [7, 11) is -1.53. The number of rotatable bonds is 4. The zero-order valence-electron chi connectivity index (χ0n) is 11.7. The van der Waals surface area contributed by atoms with Gasteiger partial charge in [0.05, 0.1) is 17.2 Å². The van der Waals surface area contributed by atoms with E-state index >= 15 is 0 Å². The van der Waals surface area contributed by atoms with Crippen molar-refractivity contribution < 1.29 is 23.1 Å². The predicted molar refractivity (Wildman–Crippen MR) is 78.6 cm³/mol. The first-order valence-electron chi connectivity index (χ1n) is 6.38. The number of anilines is 1. The quantitative estimate of drug-likeness (QED) is 0.880. The Bertz CT molecular complexity index is 680. The predicted octanol–water partition coefficient (Wildman–Crippen LogP) is 0.937. The van der Waals surface area contributed by atoms with Crippen molar-refractivity contribution in [2.24, 2.45) is 5.92 Å². The third-order valence-electron chi connectivity index (χ3n) is 3.53. The number of sulfone groups is 1. The lowest BCUT2D eigenvalue weighted by atomic mass is 10.0. The molecule has 1 atom stereocenters. The minimum absolute atomic E-state index is 0.0230. The van der Waals surface area contributed by atoms with Gasteiger partial charge in [-0.25, -0.2) is 13.2 Å². The van der Waals surface area contributed by atoms with E-state index in [1.807, 2.05) is 0 Å². The van der Waals surface area contributed by atoms with E-state index in [4.69, 9.17) is 5.11 Å². The summed E-state index contributed by atoms with van der Waals surface area (Å²) < 4.78 is 26.8. The Labute approximate surface area is 126 Å². The number of carbonyl (C=O) groups is 2. The molecule has 0 radical (unpaired) electrons. The van der Waals surface area contributed by atoms with Gasteiger partial charge in [-0.15, -0.1) is 0 Å². The van der Waals surface area contributed by atoms with Gasteiger partial charge in [0.1, 0.15) is 10.6 Å². The number of nitrogens with zero attached hydrogens (tertiary/aromatic N) is 2. The number of aryl methyl sites for hydroxylation is 1. The zero-order chi connectivity index (χ0) is 15.8. The van der Waals surface area contributed by atoms with Crippen molar-refractivity contribution in [3.63, 3.8) is 0 Å². The number of carbonyl (C=O) groups excluding carboxylic acids is 1. The largest absolute Gasteiger partial charge is 0.478 e. The van der Waals surface area contributed by atoms with Gasteiger partial charge in [0, 0.05) is 13.5 Å². The first kappa shape index (κ1) is 15.9. The van der Waals surface area contributed by atoms with E-state index in [0.29, 0.717) is 12.1 Å². The summed E-state index contributed by atoms with van der Waals surface area (Å²) in [4.78, 5) is 24.7. The summed E-state index contributed by atoms with van der Waals surface area (Å²) in [6.45, 7) is 1.57. The van der Waals surface area contributed by atoms with Crippen molar-refractivity contribution in [3.8, 4) is 0 Å². The molecule has 2 rings (SSSR count). The molecule has 1 amide bonds. The third kappa shape index (κ3) is 3.41. The maximum Gasteiger partial charge on any atom is 0.340 e. The molecule has 1 N–H and O–H groups in total. The number of carboxylic acids is 1. The van der Waals surface area contributed by atoms with Gasteiger partial charge in [-0.2, -0.15) is 4.37 Å². The smallest absolute Gasteiger partial charge is 0.340 e. The molecule has 9 heteroatoms. The molecule has 1 aliphatic heterocycles. The lowest BCUT2D eigenvalue weighted by Gasteiger charge is -2.17. The molecule has 0 bridgehead atoms. The van der Waals surface area contributed by atoms with Crippen LogP contribution in [0.1, 0.15) is 28.9 Å². The summed E-state index contributed by atoms with van der Waals surface area (Å²) in [5.41, 5.74) is 0.389. The number of hydrogen-bond donors (Lipinski definition) is 1. The Balaban J connectivity index is 2.12. The first-order valence-corrected chi connectivity index (χ1v) is 8.97. The topological polar surface area (TPSA) is 105 Å². The Morgan fingerprint density at radius 3 is 2.67 bits per heavy atom. The van der Waals surface area contributed by atoms with Crippen LogP contribution < -0.4 is 4.90 Å². The van der Waals surface area contributed by atoms with Crippen LogP contribution in [-0.2, 0) is 14.6 Å².